The molecule has 1 saturated heterocycles. The number of likely N-dealkylation sites (tertiary alicyclic amines) is 1. The molecule has 1 amide bonds. The van der Waals surface area contributed by atoms with E-state index in [4.69, 9.17) is 22.1 Å². The lowest BCUT2D eigenvalue weighted by molar-refractivity contribution is -0.384. The van der Waals surface area contributed by atoms with E-state index in [2.05, 4.69) is 0 Å². The summed E-state index contributed by atoms with van der Waals surface area (Å²) in [6.45, 7) is 1.01. The molecule has 1 aromatic carbocycles. The van der Waals surface area contributed by atoms with Crippen LogP contribution in [0.4, 0.5) is 11.4 Å². The van der Waals surface area contributed by atoms with Crippen molar-refractivity contribution in [3.05, 3.63) is 32.8 Å². The zero-order valence-electron chi connectivity index (χ0n) is 11.5. The highest BCUT2D eigenvalue weighted by Crippen LogP contribution is 2.30. The summed E-state index contributed by atoms with van der Waals surface area (Å²) in [5.74, 6) is -0.361. The van der Waals surface area contributed by atoms with Crippen molar-refractivity contribution in [2.24, 2.45) is 0 Å². The van der Waals surface area contributed by atoms with Crippen molar-refractivity contribution in [1.29, 1.82) is 0 Å². The van der Waals surface area contributed by atoms with E-state index in [1.165, 1.54) is 6.07 Å². The Labute approximate surface area is 126 Å². The summed E-state index contributed by atoms with van der Waals surface area (Å²) in [5, 5.41) is 10.9. The van der Waals surface area contributed by atoms with Crippen molar-refractivity contribution < 1.29 is 14.5 Å². The summed E-state index contributed by atoms with van der Waals surface area (Å²) in [5.41, 5.74) is 5.66. The van der Waals surface area contributed by atoms with E-state index in [0.717, 1.165) is 18.9 Å². The summed E-state index contributed by atoms with van der Waals surface area (Å²) in [4.78, 5) is 24.4. The maximum absolute atomic E-state index is 12.5. The molecule has 1 aromatic rings. The molecule has 1 atom stereocenters. The number of nitrogen functional groups attached to an aromatic ring is 1. The van der Waals surface area contributed by atoms with E-state index >= 15 is 0 Å². The molecule has 0 saturated carbocycles. The number of carbonyl (C=O) groups is 1. The van der Waals surface area contributed by atoms with Crippen LogP contribution < -0.4 is 5.73 Å². The molecule has 7 nitrogen and oxygen atoms in total. The number of anilines is 1. The number of non-ortho nitro benzene ring substituents is 1. The third kappa shape index (κ3) is 3.25. The Bertz CT molecular complexity index is 579. The van der Waals surface area contributed by atoms with Crippen LogP contribution in [0.25, 0.3) is 0 Å². The first-order valence-electron chi connectivity index (χ1n) is 6.49. The normalized spacial score (nSPS) is 18.6. The second-order valence-electron chi connectivity index (χ2n) is 4.90. The third-order valence-electron chi connectivity index (χ3n) is 3.55. The van der Waals surface area contributed by atoms with Gasteiger partial charge in [0.15, 0.2) is 0 Å². The van der Waals surface area contributed by atoms with Crippen molar-refractivity contribution in [3.63, 3.8) is 0 Å². The van der Waals surface area contributed by atoms with Crippen molar-refractivity contribution in [2.45, 2.75) is 18.9 Å². The maximum atomic E-state index is 12.5. The fourth-order valence-electron chi connectivity index (χ4n) is 2.37. The molecule has 0 spiro atoms. The standard InChI is InChI=1S/C13H16ClN3O4/c1-21-9-3-2-4-16(7-9)13(18)10-5-8(17(19)20)6-11(14)12(10)15/h5-6,9H,2-4,7,15H2,1H3. The SMILES string of the molecule is COC1CCCN(C(=O)c2cc([N+](=O)[O-])cc(Cl)c2N)C1. The van der Waals surface area contributed by atoms with Gasteiger partial charge in [0.2, 0.25) is 0 Å². The molecule has 1 aliphatic heterocycles. The van der Waals surface area contributed by atoms with Crippen LogP contribution in [-0.4, -0.2) is 42.0 Å². The Kier molecular flexibility index (Phi) is 4.64. The average Bonchev–Trinajstić information content (AvgIpc) is 2.49. The molecule has 1 heterocycles. The molecule has 21 heavy (non-hydrogen) atoms. The van der Waals surface area contributed by atoms with Crippen LogP contribution >= 0.6 is 11.6 Å². The number of carbonyl (C=O) groups excluding carboxylic acids is 1. The van der Waals surface area contributed by atoms with Crippen LogP contribution in [0.5, 0.6) is 0 Å². The number of hydrogen-bond acceptors (Lipinski definition) is 5. The fourth-order valence-corrected chi connectivity index (χ4v) is 2.58. The molecule has 8 heteroatoms. The van der Waals surface area contributed by atoms with Crippen LogP contribution in [0.2, 0.25) is 5.02 Å². The second-order valence-corrected chi connectivity index (χ2v) is 5.30. The van der Waals surface area contributed by atoms with Gasteiger partial charge in [-0.15, -0.1) is 0 Å². The summed E-state index contributed by atoms with van der Waals surface area (Å²) in [7, 11) is 1.59. The van der Waals surface area contributed by atoms with Gasteiger partial charge in [-0.1, -0.05) is 11.6 Å². The lowest BCUT2D eigenvalue weighted by Crippen LogP contribution is -2.43. The lowest BCUT2D eigenvalue weighted by atomic mass is 10.1. The zero-order chi connectivity index (χ0) is 15.6. The number of rotatable bonds is 3. The Morgan fingerprint density at radius 2 is 2.29 bits per heavy atom. The van der Waals surface area contributed by atoms with Gasteiger partial charge in [-0.3, -0.25) is 14.9 Å². The van der Waals surface area contributed by atoms with Crippen molar-refractivity contribution in [2.75, 3.05) is 25.9 Å². The van der Waals surface area contributed by atoms with Crippen LogP contribution in [0.15, 0.2) is 12.1 Å². The molecule has 0 radical (unpaired) electrons. The minimum atomic E-state index is -0.601. The smallest absolute Gasteiger partial charge is 0.271 e. The molecular formula is C13H16ClN3O4. The predicted molar refractivity (Wildman–Crippen MR) is 78.5 cm³/mol. The first-order valence-corrected chi connectivity index (χ1v) is 6.87. The molecule has 2 N–H and O–H groups in total. The molecule has 1 aliphatic rings. The minimum absolute atomic E-state index is 0.00727. The van der Waals surface area contributed by atoms with Gasteiger partial charge in [-0.25, -0.2) is 0 Å². The van der Waals surface area contributed by atoms with Gasteiger partial charge in [0, 0.05) is 32.3 Å². The Morgan fingerprint density at radius 1 is 1.57 bits per heavy atom. The first kappa shape index (κ1) is 15.5. The monoisotopic (exact) mass is 313 g/mol. The van der Waals surface area contributed by atoms with Crippen LogP contribution in [-0.2, 0) is 4.74 Å². The Hall–Kier alpha value is -1.86. The highest BCUT2D eigenvalue weighted by atomic mass is 35.5. The minimum Gasteiger partial charge on any atom is -0.397 e. The molecule has 0 aliphatic carbocycles. The van der Waals surface area contributed by atoms with Gasteiger partial charge in [-0.2, -0.15) is 0 Å². The van der Waals surface area contributed by atoms with E-state index in [9.17, 15) is 14.9 Å². The van der Waals surface area contributed by atoms with Crippen molar-refractivity contribution >= 4 is 28.9 Å². The maximum Gasteiger partial charge on any atom is 0.271 e. The van der Waals surface area contributed by atoms with Gasteiger partial charge in [0.05, 0.1) is 27.3 Å². The number of benzene rings is 1. The topological polar surface area (TPSA) is 98.7 Å². The van der Waals surface area contributed by atoms with Crippen LogP contribution in [0, 0.1) is 10.1 Å². The summed E-state index contributed by atoms with van der Waals surface area (Å²) in [6, 6.07) is 2.31. The lowest BCUT2D eigenvalue weighted by Gasteiger charge is -2.32. The number of halogens is 1. The Morgan fingerprint density at radius 3 is 2.90 bits per heavy atom. The van der Waals surface area contributed by atoms with E-state index in [0.29, 0.717) is 13.1 Å². The molecule has 1 fully saturated rings. The van der Waals surface area contributed by atoms with Gasteiger partial charge in [0.1, 0.15) is 0 Å². The number of piperidine rings is 1. The predicted octanol–water partition coefficient (Wildman–Crippen LogP) is 2.08. The summed E-state index contributed by atoms with van der Waals surface area (Å²) < 4.78 is 5.26. The molecule has 0 aromatic heterocycles. The van der Waals surface area contributed by atoms with Gasteiger partial charge < -0.3 is 15.4 Å². The van der Waals surface area contributed by atoms with E-state index in [1.807, 2.05) is 0 Å². The quantitative estimate of drug-likeness (QED) is 0.523. The molecule has 0 bridgehead atoms. The van der Waals surface area contributed by atoms with Crippen molar-refractivity contribution in [3.8, 4) is 0 Å². The van der Waals surface area contributed by atoms with E-state index in [1.54, 1.807) is 12.0 Å². The first-order chi connectivity index (χ1) is 9.93. The Balaban J connectivity index is 2.32. The largest absolute Gasteiger partial charge is 0.397 e. The summed E-state index contributed by atoms with van der Waals surface area (Å²) >= 11 is 5.88. The highest BCUT2D eigenvalue weighted by Gasteiger charge is 2.27. The number of nitro groups is 1. The van der Waals surface area contributed by atoms with E-state index < -0.39 is 4.92 Å². The molecule has 114 valence electrons. The summed E-state index contributed by atoms with van der Waals surface area (Å²) in [6.07, 6.45) is 1.66. The second kappa shape index (κ2) is 6.28. The number of nitrogens with two attached hydrogens (primary N) is 1. The average molecular weight is 314 g/mol. The number of hydrogen-bond donors (Lipinski definition) is 1. The van der Waals surface area contributed by atoms with Gasteiger partial charge in [-0.05, 0) is 12.8 Å². The van der Waals surface area contributed by atoms with Crippen molar-refractivity contribution in [1.82, 2.24) is 4.90 Å². The number of ether oxygens (including phenoxy) is 1. The fraction of sp³-hybridized carbons (Fsp3) is 0.462. The van der Waals surface area contributed by atoms with Crippen LogP contribution in [0.3, 0.4) is 0 Å². The van der Waals surface area contributed by atoms with E-state index in [-0.39, 0.29) is 34.0 Å². The van der Waals surface area contributed by atoms with Gasteiger partial charge >= 0.3 is 0 Å². The molecule has 2 rings (SSSR count). The number of nitrogens with zero attached hydrogens (tertiary/aromatic N) is 2. The molecule has 1 unspecified atom stereocenters. The number of amides is 1. The number of nitro benzene ring substituents is 1. The van der Waals surface area contributed by atoms with Gasteiger partial charge in [0.25, 0.3) is 11.6 Å². The third-order valence-corrected chi connectivity index (χ3v) is 3.87. The molecular weight excluding hydrogens is 298 g/mol. The van der Waals surface area contributed by atoms with Crippen LogP contribution in [0.1, 0.15) is 23.2 Å². The highest BCUT2D eigenvalue weighted by molar-refractivity contribution is 6.34. The zero-order valence-corrected chi connectivity index (χ0v) is 12.3. The number of methoxy groups -OCH3 is 1.